The van der Waals surface area contributed by atoms with Crippen LogP contribution in [0.3, 0.4) is 0 Å². The van der Waals surface area contributed by atoms with Crippen molar-refractivity contribution in [1.82, 2.24) is 4.98 Å². The van der Waals surface area contributed by atoms with Crippen LogP contribution in [0.5, 0.6) is 0 Å². The number of thiazole rings is 1. The number of hydrogen-bond acceptors (Lipinski definition) is 2. The van der Waals surface area contributed by atoms with Crippen LogP contribution in [0.4, 0.5) is 0 Å². The van der Waals surface area contributed by atoms with Gasteiger partial charge >= 0.3 is 0 Å². The van der Waals surface area contributed by atoms with Gasteiger partial charge in [0.05, 0.1) is 0 Å². The highest BCUT2D eigenvalue weighted by molar-refractivity contribution is 7.13. The average Bonchev–Trinajstić information content (AvgIpc) is 2.54. The van der Waals surface area contributed by atoms with Gasteiger partial charge in [0.25, 0.3) is 0 Å². The van der Waals surface area contributed by atoms with E-state index >= 15 is 0 Å². The van der Waals surface area contributed by atoms with E-state index in [1.807, 2.05) is 35.7 Å². The SMILES string of the molecule is Clc1csc(-c2ccccc2)n1. The maximum absolute atomic E-state index is 5.71. The van der Waals surface area contributed by atoms with E-state index in [0.717, 1.165) is 10.6 Å². The summed E-state index contributed by atoms with van der Waals surface area (Å²) in [6.45, 7) is 0. The fourth-order valence-corrected chi connectivity index (χ4v) is 1.92. The molecule has 0 N–H and O–H groups in total. The van der Waals surface area contributed by atoms with Crippen LogP contribution < -0.4 is 0 Å². The zero-order valence-corrected chi connectivity index (χ0v) is 7.77. The van der Waals surface area contributed by atoms with Crippen LogP contribution in [0.1, 0.15) is 0 Å². The monoisotopic (exact) mass is 195 g/mol. The highest BCUT2D eigenvalue weighted by Gasteiger charge is 2.00. The second-order valence-electron chi connectivity index (χ2n) is 2.34. The van der Waals surface area contributed by atoms with Crippen molar-refractivity contribution in [2.75, 3.05) is 0 Å². The number of rotatable bonds is 1. The predicted molar refractivity (Wildman–Crippen MR) is 52.6 cm³/mol. The van der Waals surface area contributed by atoms with Crippen molar-refractivity contribution >= 4 is 22.9 Å². The molecule has 1 heterocycles. The minimum absolute atomic E-state index is 0.568. The molecule has 0 saturated heterocycles. The Hall–Kier alpha value is -0.860. The van der Waals surface area contributed by atoms with Gasteiger partial charge in [-0.05, 0) is 0 Å². The first-order valence-corrected chi connectivity index (χ1v) is 4.78. The highest BCUT2D eigenvalue weighted by Crippen LogP contribution is 2.24. The second kappa shape index (κ2) is 3.25. The Bertz CT molecular complexity index is 369. The van der Waals surface area contributed by atoms with Gasteiger partial charge in [-0.25, -0.2) is 4.98 Å². The van der Waals surface area contributed by atoms with Crippen molar-refractivity contribution in [2.24, 2.45) is 0 Å². The standard InChI is InChI=1S/C9H6ClNS/c10-8-6-12-9(11-8)7-4-2-1-3-5-7/h1-6H. The number of aromatic nitrogens is 1. The van der Waals surface area contributed by atoms with E-state index in [1.165, 1.54) is 0 Å². The number of nitrogens with zero attached hydrogens (tertiary/aromatic N) is 1. The molecule has 1 aromatic carbocycles. The Balaban J connectivity index is 2.45. The molecule has 12 heavy (non-hydrogen) atoms. The molecule has 0 amide bonds. The molecular formula is C9H6ClNS. The van der Waals surface area contributed by atoms with Gasteiger partial charge in [0, 0.05) is 10.9 Å². The van der Waals surface area contributed by atoms with Crippen molar-refractivity contribution in [1.29, 1.82) is 0 Å². The maximum atomic E-state index is 5.71. The van der Waals surface area contributed by atoms with Crippen molar-refractivity contribution < 1.29 is 0 Å². The second-order valence-corrected chi connectivity index (χ2v) is 3.59. The molecule has 0 bridgehead atoms. The largest absolute Gasteiger partial charge is 0.224 e. The van der Waals surface area contributed by atoms with Crippen LogP contribution in [-0.4, -0.2) is 4.98 Å². The van der Waals surface area contributed by atoms with Crippen LogP contribution in [0.2, 0.25) is 5.15 Å². The average molecular weight is 196 g/mol. The van der Waals surface area contributed by atoms with Crippen molar-refractivity contribution in [3.8, 4) is 10.6 Å². The molecular weight excluding hydrogens is 190 g/mol. The molecule has 0 saturated carbocycles. The molecule has 3 heteroatoms. The summed E-state index contributed by atoms with van der Waals surface area (Å²) in [6, 6.07) is 10.0. The van der Waals surface area contributed by atoms with Gasteiger partial charge in [-0.3, -0.25) is 0 Å². The van der Waals surface area contributed by atoms with E-state index in [1.54, 1.807) is 11.3 Å². The van der Waals surface area contributed by atoms with Gasteiger partial charge in [-0.15, -0.1) is 11.3 Å². The molecule has 0 fully saturated rings. The van der Waals surface area contributed by atoms with Crippen molar-refractivity contribution in [3.63, 3.8) is 0 Å². The molecule has 0 aliphatic rings. The summed E-state index contributed by atoms with van der Waals surface area (Å²) >= 11 is 7.27. The van der Waals surface area contributed by atoms with Gasteiger partial charge < -0.3 is 0 Å². The van der Waals surface area contributed by atoms with Gasteiger partial charge in [0.2, 0.25) is 0 Å². The number of hydrogen-bond donors (Lipinski definition) is 0. The Morgan fingerprint density at radius 2 is 1.92 bits per heavy atom. The van der Waals surface area contributed by atoms with E-state index in [4.69, 9.17) is 11.6 Å². The van der Waals surface area contributed by atoms with Crippen LogP contribution in [0, 0.1) is 0 Å². The molecule has 0 unspecified atom stereocenters. The Kier molecular flexibility index (Phi) is 2.11. The van der Waals surface area contributed by atoms with E-state index in [0.29, 0.717) is 5.15 Å². The van der Waals surface area contributed by atoms with E-state index in [9.17, 15) is 0 Å². The lowest BCUT2D eigenvalue weighted by Crippen LogP contribution is -1.72. The zero-order valence-electron chi connectivity index (χ0n) is 6.20. The predicted octanol–water partition coefficient (Wildman–Crippen LogP) is 3.46. The fraction of sp³-hybridized carbons (Fsp3) is 0. The molecule has 60 valence electrons. The summed E-state index contributed by atoms with van der Waals surface area (Å²) in [5.41, 5.74) is 1.12. The van der Waals surface area contributed by atoms with Crippen molar-refractivity contribution in [2.45, 2.75) is 0 Å². The summed E-state index contributed by atoms with van der Waals surface area (Å²) in [5, 5.41) is 3.38. The van der Waals surface area contributed by atoms with Gasteiger partial charge in [0.1, 0.15) is 10.2 Å². The summed E-state index contributed by atoms with van der Waals surface area (Å²) in [6.07, 6.45) is 0. The smallest absolute Gasteiger partial charge is 0.140 e. The molecule has 0 spiro atoms. The summed E-state index contributed by atoms with van der Waals surface area (Å²) in [4.78, 5) is 4.16. The third-order valence-electron chi connectivity index (χ3n) is 1.50. The third kappa shape index (κ3) is 1.49. The zero-order chi connectivity index (χ0) is 8.39. The summed E-state index contributed by atoms with van der Waals surface area (Å²) in [7, 11) is 0. The normalized spacial score (nSPS) is 10.1. The molecule has 1 nitrogen and oxygen atoms in total. The summed E-state index contributed by atoms with van der Waals surface area (Å²) in [5.74, 6) is 0. The molecule has 0 aliphatic heterocycles. The molecule has 0 radical (unpaired) electrons. The lowest BCUT2D eigenvalue weighted by Gasteiger charge is -1.92. The molecule has 2 rings (SSSR count). The lowest BCUT2D eigenvalue weighted by molar-refractivity contribution is 1.41. The van der Waals surface area contributed by atoms with Crippen LogP contribution in [-0.2, 0) is 0 Å². The van der Waals surface area contributed by atoms with Crippen LogP contribution in [0.15, 0.2) is 35.7 Å². The topological polar surface area (TPSA) is 12.9 Å². The maximum Gasteiger partial charge on any atom is 0.140 e. The van der Waals surface area contributed by atoms with E-state index < -0.39 is 0 Å². The molecule has 0 aliphatic carbocycles. The summed E-state index contributed by atoms with van der Waals surface area (Å²) < 4.78 is 0. The molecule has 0 atom stereocenters. The Morgan fingerprint density at radius 1 is 1.17 bits per heavy atom. The fourth-order valence-electron chi connectivity index (χ4n) is 0.967. The quantitative estimate of drug-likeness (QED) is 0.679. The molecule has 2 aromatic rings. The van der Waals surface area contributed by atoms with Gasteiger partial charge in [-0.1, -0.05) is 41.9 Å². The third-order valence-corrected chi connectivity index (χ3v) is 2.71. The van der Waals surface area contributed by atoms with Gasteiger partial charge in [-0.2, -0.15) is 0 Å². The number of halogens is 1. The lowest BCUT2D eigenvalue weighted by atomic mass is 10.2. The highest BCUT2D eigenvalue weighted by atomic mass is 35.5. The van der Waals surface area contributed by atoms with E-state index in [-0.39, 0.29) is 0 Å². The van der Waals surface area contributed by atoms with Crippen molar-refractivity contribution in [3.05, 3.63) is 40.9 Å². The molecule has 1 aromatic heterocycles. The number of benzene rings is 1. The van der Waals surface area contributed by atoms with E-state index in [2.05, 4.69) is 4.98 Å². The minimum Gasteiger partial charge on any atom is -0.224 e. The first kappa shape index (κ1) is 7.77. The first-order chi connectivity index (χ1) is 5.86. The Labute approximate surface area is 79.7 Å². The van der Waals surface area contributed by atoms with Gasteiger partial charge in [0.15, 0.2) is 0 Å². The minimum atomic E-state index is 0.568. The van der Waals surface area contributed by atoms with Crippen LogP contribution in [0.25, 0.3) is 10.6 Å². The van der Waals surface area contributed by atoms with Crippen LogP contribution >= 0.6 is 22.9 Å². The Morgan fingerprint density at radius 3 is 2.50 bits per heavy atom. The first-order valence-electron chi connectivity index (χ1n) is 3.53.